The summed E-state index contributed by atoms with van der Waals surface area (Å²) in [7, 11) is 0. The minimum Gasteiger partial charge on any atom is -0.465 e. The first-order valence-electron chi connectivity index (χ1n) is 7.61. The average Bonchev–Trinajstić information content (AvgIpc) is 2.94. The number of aromatic nitrogens is 2. The SMILES string of the molecule is CCCCCCOC(=O)CSc1nc2c(c(=O)[nH]1)CCC2. The van der Waals surface area contributed by atoms with Crippen LogP contribution in [0.25, 0.3) is 0 Å². The number of carbonyl (C=O) groups excluding carboxylic acids is 1. The Labute approximate surface area is 128 Å². The van der Waals surface area contributed by atoms with Crippen LogP contribution < -0.4 is 5.56 Å². The minimum absolute atomic E-state index is 0.0621. The molecule has 116 valence electrons. The number of nitrogens with one attached hydrogen (secondary N) is 1. The number of ether oxygens (including phenoxy) is 1. The molecule has 2 rings (SSSR count). The fraction of sp³-hybridized carbons (Fsp3) is 0.667. The van der Waals surface area contributed by atoms with Gasteiger partial charge in [-0.1, -0.05) is 37.9 Å². The number of hydrogen-bond donors (Lipinski definition) is 1. The van der Waals surface area contributed by atoms with E-state index in [-0.39, 0.29) is 17.3 Å². The van der Waals surface area contributed by atoms with Gasteiger partial charge in [0.25, 0.3) is 5.56 Å². The Morgan fingerprint density at radius 3 is 3.00 bits per heavy atom. The zero-order chi connectivity index (χ0) is 15.1. The van der Waals surface area contributed by atoms with E-state index in [1.165, 1.54) is 24.6 Å². The van der Waals surface area contributed by atoms with Crippen molar-refractivity contribution < 1.29 is 9.53 Å². The minimum atomic E-state index is -0.250. The van der Waals surface area contributed by atoms with Gasteiger partial charge < -0.3 is 9.72 Å². The number of esters is 1. The highest BCUT2D eigenvalue weighted by Gasteiger charge is 2.17. The largest absolute Gasteiger partial charge is 0.465 e. The topological polar surface area (TPSA) is 72.0 Å². The number of fused-ring (bicyclic) bond motifs is 1. The van der Waals surface area contributed by atoms with Crippen LogP contribution in [0.2, 0.25) is 0 Å². The molecule has 0 unspecified atom stereocenters. The summed E-state index contributed by atoms with van der Waals surface area (Å²) in [4.78, 5) is 30.6. The molecule has 1 aromatic rings. The Morgan fingerprint density at radius 1 is 1.33 bits per heavy atom. The number of unbranched alkanes of at least 4 members (excludes halogenated alkanes) is 3. The summed E-state index contributed by atoms with van der Waals surface area (Å²) < 4.78 is 5.15. The molecule has 0 aliphatic heterocycles. The van der Waals surface area contributed by atoms with Crippen molar-refractivity contribution in [1.29, 1.82) is 0 Å². The third-order valence-corrected chi connectivity index (χ3v) is 4.35. The van der Waals surface area contributed by atoms with Crippen molar-refractivity contribution >= 4 is 17.7 Å². The molecule has 0 spiro atoms. The predicted octanol–water partition coefficient (Wildman–Crippen LogP) is 2.47. The normalized spacial score (nSPS) is 13.2. The van der Waals surface area contributed by atoms with Crippen LogP contribution in [0.15, 0.2) is 9.95 Å². The smallest absolute Gasteiger partial charge is 0.316 e. The van der Waals surface area contributed by atoms with Gasteiger partial charge in [0.2, 0.25) is 0 Å². The molecule has 0 amide bonds. The van der Waals surface area contributed by atoms with Crippen LogP contribution in [0.1, 0.15) is 50.3 Å². The van der Waals surface area contributed by atoms with E-state index in [0.717, 1.165) is 43.4 Å². The zero-order valence-electron chi connectivity index (χ0n) is 12.4. The van der Waals surface area contributed by atoms with Gasteiger partial charge in [-0.25, -0.2) is 4.98 Å². The van der Waals surface area contributed by atoms with E-state index in [1.807, 2.05) is 0 Å². The zero-order valence-corrected chi connectivity index (χ0v) is 13.3. The molecule has 1 aliphatic rings. The Morgan fingerprint density at radius 2 is 2.19 bits per heavy atom. The average molecular weight is 310 g/mol. The standard InChI is InChI=1S/C15H22N2O3S/c1-2-3-4-5-9-20-13(18)10-21-15-16-12-8-6-7-11(12)14(19)17-15/h2-10H2,1H3,(H,16,17,19). The second-order valence-corrected chi connectivity index (χ2v) is 6.18. The second kappa shape index (κ2) is 8.22. The highest BCUT2D eigenvalue weighted by Crippen LogP contribution is 2.19. The lowest BCUT2D eigenvalue weighted by molar-refractivity contribution is -0.140. The third-order valence-electron chi connectivity index (χ3n) is 3.51. The number of thioether (sulfide) groups is 1. The fourth-order valence-corrected chi connectivity index (χ4v) is 3.05. The van der Waals surface area contributed by atoms with E-state index in [9.17, 15) is 9.59 Å². The van der Waals surface area contributed by atoms with Crippen molar-refractivity contribution in [3.8, 4) is 0 Å². The van der Waals surface area contributed by atoms with E-state index >= 15 is 0 Å². The second-order valence-electron chi connectivity index (χ2n) is 5.22. The van der Waals surface area contributed by atoms with Gasteiger partial charge in [0.05, 0.1) is 18.1 Å². The quantitative estimate of drug-likeness (QED) is 0.346. The molecule has 0 atom stereocenters. The molecule has 1 heterocycles. The molecule has 0 radical (unpaired) electrons. The molecule has 0 bridgehead atoms. The summed E-state index contributed by atoms with van der Waals surface area (Å²) in [5.74, 6) is -0.0603. The van der Waals surface area contributed by atoms with Gasteiger partial charge in [-0.15, -0.1) is 0 Å². The molecule has 1 N–H and O–H groups in total. The van der Waals surface area contributed by atoms with Crippen LogP contribution in [0.3, 0.4) is 0 Å². The summed E-state index contributed by atoms with van der Waals surface area (Å²) in [5.41, 5.74) is 1.62. The van der Waals surface area contributed by atoms with E-state index in [0.29, 0.717) is 11.8 Å². The summed E-state index contributed by atoms with van der Waals surface area (Å²) in [6, 6.07) is 0. The Bertz CT molecular complexity index is 542. The summed E-state index contributed by atoms with van der Waals surface area (Å²) >= 11 is 1.24. The van der Waals surface area contributed by atoms with Crippen LogP contribution in [-0.2, 0) is 22.4 Å². The molecule has 1 aliphatic carbocycles. The molecule has 0 aromatic carbocycles. The van der Waals surface area contributed by atoms with E-state index < -0.39 is 0 Å². The molecule has 0 saturated heterocycles. The molecule has 21 heavy (non-hydrogen) atoms. The third kappa shape index (κ3) is 4.88. The first-order valence-corrected chi connectivity index (χ1v) is 8.59. The number of nitrogens with zero attached hydrogens (tertiary/aromatic N) is 1. The molecule has 1 aromatic heterocycles. The summed E-state index contributed by atoms with van der Waals surface area (Å²) in [6.45, 7) is 2.63. The molecule has 5 nitrogen and oxygen atoms in total. The highest BCUT2D eigenvalue weighted by molar-refractivity contribution is 7.99. The van der Waals surface area contributed by atoms with Gasteiger partial charge in [-0.3, -0.25) is 9.59 Å². The van der Waals surface area contributed by atoms with Gasteiger partial charge in [0.1, 0.15) is 0 Å². The van der Waals surface area contributed by atoms with E-state index in [4.69, 9.17) is 4.74 Å². The first kappa shape index (κ1) is 16.1. The number of H-pyrrole nitrogens is 1. The van der Waals surface area contributed by atoms with Gasteiger partial charge in [-0.05, 0) is 25.7 Å². The Balaban J connectivity index is 1.74. The number of aryl methyl sites for hydroxylation is 1. The number of aromatic amines is 1. The molecule has 0 saturated carbocycles. The maximum atomic E-state index is 11.8. The highest BCUT2D eigenvalue weighted by atomic mass is 32.2. The van der Waals surface area contributed by atoms with Crippen molar-refractivity contribution in [2.45, 2.75) is 57.0 Å². The van der Waals surface area contributed by atoms with Gasteiger partial charge >= 0.3 is 5.97 Å². The summed E-state index contributed by atoms with van der Waals surface area (Å²) in [6.07, 6.45) is 7.00. The number of rotatable bonds is 8. The lowest BCUT2D eigenvalue weighted by Gasteiger charge is -2.05. The maximum Gasteiger partial charge on any atom is 0.316 e. The first-order chi connectivity index (χ1) is 10.2. The van der Waals surface area contributed by atoms with Crippen LogP contribution in [0.5, 0.6) is 0 Å². The van der Waals surface area contributed by atoms with Crippen molar-refractivity contribution in [1.82, 2.24) is 9.97 Å². The Hall–Kier alpha value is -1.30. The van der Waals surface area contributed by atoms with Crippen molar-refractivity contribution in [2.75, 3.05) is 12.4 Å². The van der Waals surface area contributed by atoms with Gasteiger partial charge in [0, 0.05) is 5.56 Å². The van der Waals surface area contributed by atoms with Crippen LogP contribution in [-0.4, -0.2) is 28.3 Å². The monoisotopic (exact) mass is 310 g/mol. The fourth-order valence-electron chi connectivity index (χ4n) is 2.37. The summed E-state index contributed by atoms with van der Waals surface area (Å²) in [5, 5.41) is 0.517. The van der Waals surface area contributed by atoms with Crippen molar-refractivity contribution in [3.63, 3.8) is 0 Å². The van der Waals surface area contributed by atoms with E-state index in [2.05, 4.69) is 16.9 Å². The molecule has 6 heteroatoms. The van der Waals surface area contributed by atoms with Gasteiger partial charge in [0.15, 0.2) is 5.16 Å². The molecular weight excluding hydrogens is 288 g/mol. The Kier molecular flexibility index (Phi) is 6.29. The van der Waals surface area contributed by atoms with Crippen molar-refractivity contribution in [2.24, 2.45) is 0 Å². The lowest BCUT2D eigenvalue weighted by Crippen LogP contribution is -2.16. The van der Waals surface area contributed by atoms with Gasteiger partial charge in [-0.2, -0.15) is 0 Å². The predicted molar refractivity (Wildman–Crippen MR) is 82.7 cm³/mol. The maximum absolute atomic E-state index is 11.8. The van der Waals surface area contributed by atoms with Crippen LogP contribution in [0.4, 0.5) is 0 Å². The van der Waals surface area contributed by atoms with Crippen LogP contribution in [0, 0.1) is 0 Å². The van der Waals surface area contributed by atoms with Crippen LogP contribution >= 0.6 is 11.8 Å². The number of carbonyl (C=O) groups is 1. The lowest BCUT2D eigenvalue weighted by atomic mass is 10.2. The van der Waals surface area contributed by atoms with Crippen molar-refractivity contribution in [3.05, 3.63) is 21.6 Å². The molecular formula is C15H22N2O3S. The molecule has 0 fully saturated rings. The number of hydrogen-bond acceptors (Lipinski definition) is 5. The van der Waals surface area contributed by atoms with E-state index in [1.54, 1.807) is 0 Å².